The highest BCUT2D eigenvalue weighted by Gasteiger charge is 2.27. The smallest absolute Gasteiger partial charge is 0.168 e. The van der Waals surface area contributed by atoms with Crippen LogP contribution in [0.4, 0.5) is 13.2 Å². The largest absolute Gasteiger partial charge is 0.494 e. The summed E-state index contributed by atoms with van der Waals surface area (Å²) in [6.45, 7) is 11.7. The fourth-order valence-corrected chi connectivity index (χ4v) is 4.21. The third-order valence-electron chi connectivity index (χ3n) is 6.14. The fourth-order valence-electron chi connectivity index (χ4n) is 4.21. The van der Waals surface area contributed by atoms with Crippen molar-refractivity contribution in [1.29, 1.82) is 0 Å². The van der Waals surface area contributed by atoms with Crippen LogP contribution < -0.4 is 0 Å². The maximum Gasteiger partial charge on any atom is 0.168 e. The third-order valence-corrected chi connectivity index (χ3v) is 6.14. The van der Waals surface area contributed by atoms with E-state index in [1.165, 1.54) is 0 Å². The van der Waals surface area contributed by atoms with E-state index < -0.39 is 17.5 Å². The molecule has 2 aromatic carbocycles. The molecule has 33 heavy (non-hydrogen) atoms. The lowest BCUT2D eigenvalue weighted by Crippen LogP contribution is -2.18. The van der Waals surface area contributed by atoms with Gasteiger partial charge in [-0.2, -0.15) is 0 Å². The second-order valence-corrected chi connectivity index (χ2v) is 8.54. The molecule has 0 saturated heterocycles. The van der Waals surface area contributed by atoms with E-state index >= 15 is 0 Å². The van der Waals surface area contributed by atoms with Crippen LogP contribution in [0.3, 0.4) is 0 Å². The van der Waals surface area contributed by atoms with Crippen LogP contribution in [0, 0.1) is 24.5 Å². The molecule has 0 N–H and O–H groups in total. The van der Waals surface area contributed by atoms with Crippen molar-refractivity contribution in [3.05, 3.63) is 95.7 Å². The quantitative estimate of drug-likeness (QED) is 0.280. The van der Waals surface area contributed by atoms with Gasteiger partial charge in [0.15, 0.2) is 17.5 Å². The van der Waals surface area contributed by atoms with Gasteiger partial charge in [0.2, 0.25) is 0 Å². The number of ether oxygens (including phenoxy) is 2. The van der Waals surface area contributed by atoms with Gasteiger partial charge < -0.3 is 9.47 Å². The monoisotopic (exact) mass is 456 g/mol. The molecule has 0 bridgehead atoms. The van der Waals surface area contributed by atoms with Crippen molar-refractivity contribution in [1.82, 2.24) is 0 Å². The van der Waals surface area contributed by atoms with Crippen molar-refractivity contribution in [2.24, 2.45) is 5.92 Å². The van der Waals surface area contributed by atoms with Gasteiger partial charge in [0, 0.05) is 11.6 Å². The van der Waals surface area contributed by atoms with Crippen molar-refractivity contribution >= 4 is 0 Å². The van der Waals surface area contributed by atoms with Crippen LogP contribution >= 0.6 is 0 Å². The number of hydrogen-bond acceptors (Lipinski definition) is 2. The summed E-state index contributed by atoms with van der Waals surface area (Å²) in [6, 6.07) is 10.8. The first-order chi connectivity index (χ1) is 15.8. The Labute approximate surface area is 194 Å². The molecule has 0 radical (unpaired) electrons. The highest BCUT2D eigenvalue weighted by atomic mass is 19.2. The Bertz CT molecular complexity index is 1020. The summed E-state index contributed by atoms with van der Waals surface area (Å²) in [4.78, 5) is 0. The van der Waals surface area contributed by atoms with Gasteiger partial charge in [-0.1, -0.05) is 55.1 Å². The first-order valence-corrected chi connectivity index (χ1v) is 11.4. The van der Waals surface area contributed by atoms with E-state index in [2.05, 4.69) is 13.2 Å². The van der Waals surface area contributed by atoms with Crippen molar-refractivity contribution < 1.29 is 22.6 Å². The van der Waals surface area contributed by atoms with Gasteiger partial charge in [-0.15, -0.1) is 0 Å². The maximum absolute atomic E-state index is 14.9. The van der Waals surface area contributed by atoms with Crippen molar-refractivity contribution in [2.45, 2.75) is 45.4 Å². The van der Waals surface area contributed by atoms with Gasteiger partial charge in [-0.3, -0.25) is 0 Å². The molecular formula is C28H31F3O2. The normalized spacial score (nSPS) is 18.6. The predicted molar refractivity (Wildman–Crippen MR) is 126 cm³/mol. The lowest BCUT2D eigenvalue weighted by Gasteiger charge is -2.29. The second-order valence-electron chi connectivity index (χ2n) is 8.54. The van der Waals surface area contributed by atoms with Gasteiger partial charge in [0.25, 0.3) is 0 Å². The molecule has 0 atom stereocenters. The van der Waals surface area contributed by atoms with Crippen LogP contribution in [0.2, 0.25) is 0 Å². The Kier molecular flexibility index (Phi) is 8.43. The van der Waals surface area contributed by atoms with Gasteiger partial charge in [0.1, 0.15) is 11.5 Å². The molecule has 1 aliphatic rings. The average molecular weight is 457 g/mol. The molecule has 0 heterocycles. The summed E-state index contributed by atoms with van der Waals surface area (Å²) in [7, 11) is 0. The first kappa shape index (κ1) is 24.7. The standard InChI is InChI=1S/C28H31F3O2/c1-5-32-20(4)26(29)16-19(3)33-17-21-8-12-23(13-9-21)25-15-14-24(27(30)28(25)31)22-10-6-18(2)7-11-22/h6-7,10-11,14-16,21,23H,3-5,8-9,12-13,17H2,1-2H3/b26-16+. The van der Waals surface area contributed by atoms with E-state index in [0.717, 1.165) is 37.3 Å². The Hall–Kier alpha value is -2.95. The minimum absolute atomic E-state index is 0.0297. The molecule has 3 rings (SSSR count). The number of hydrogen-bond donors (Lipinski definition) is 0. The summed E-state index contributed by atoms with van der Waals surface area (Å²) in [5, 5.41) is 0. The van der Waals surface area contributed by atoms with Crippen LogP contribution in [-0.4, -0.2) is 13.2 Å². The highest BCUT2D eigenvalue weighted by Crippen LogP contribution is 2.39. The molecule has 2 aromatic rings. The minimum Gasteiger partial charge on any atom is -0.494 e. The Morgan fingerprint density at radius 3 is 2.27 bits per heavy atom. The topological polar surface area (TPSA) is 18.5 Å². The SMILES string of the molecule is C=C(/C=C(/F)C(=C)OCC)OCC1CCC(c2ccc(-c3ccc(C)cc3)c(F)c2F)CC1. The minimum atomic E-state index is -0.791. The fraction of sp³-hybridized carbons (Fsp3) is 0.357. The zero-order chi connectivity index (χ0) is 24.0. The van der Waals surface area contributed by atoms with E-state index in [9.17, 15) is 13.2 Å². The third kappa shape index (κ3) is 6.31. The number of aryl methyl sites for hydroxylation is 1. The zero-order valence-corrected chi connectivity index (χ0v) is 19.3. The van der Waals surface area contributed by atoms with Gasteiger partial charge in [0.05, 0.1) is 13.2 Å². The lowest BCUT2D eigenvalue weighted by molar-refractivity contribution is 0.144. The number of rotatable bonds is 9. The molecule has 1 aliphatic carbocycles. The lowest BCUT2D eigenvalue weighted by atomic mass is 9.78. The summed E-state index contributed by atoms with van der Waals surface area (Å²) in [6.07, 6.45) is 4.28. The van der Waals surface area contributed by atoms with Crippen LogP contribution in [0.15, 0.2) is 73.0 Å². The van der Waals surface area contributed by atoms with Gasteiger partial charge in [-0.25, -0.2) is 13.2 Å². The second kappa shape index (κ2) is 11.3. The maximum atomic E-state index is 14.9. The van der Waals surface area contributed by atoms with Gasteiger partial charge in [-0.05, 0) is 62.5 Å². The van der Waals surface area contributed by atoms with E-state index in [-0.39, 0.29) is 28.9 Å². The molecule has 1 fully saturated rings. The summed E-state index contributed by atoms with van der Waals surface area (Å²) >= 11 is 0. The molecule has 5 heteroatoms. The highest BCUT2D eigenvalue weighted by molar-refractivity contribution is 5.65. The van der Waals surface area contributed by atoms with Crippen molar-refractivity contribution in [3.8, 4) is 11.1 Å². The van der Waals surface area contributed by atoms with Crippen LogP contribution in [-0.2, 0) is 9.47 Å². The predicted octanol–water partition coefficient (Wildman–Crippen LogP) is 8.15. The summed E-state index contributed by atoms with van der Waals surface area (Å²) in [5.74, 6) is -1.78. The summed E-state index contributed by atoms with van der Waals surface area (Å²) in [5.41, 5.74) is 2.45. The van der Waals surface area contributed by atoms with E-state index in [0.29, 0.717) is 24.3 Å². The van der Waals surface area contributed by atoms with Crippen molar-refractivity contribution in [2.75, 3.05) is 13.2 Å². The Morgan fingerprint density at radius 2 is 1.64 bits per heavy atom. The molecule has 176 valence electrons. The average Bonchev–Trinajstić information content (AvgIpc) is 2.81. The molecule has 0 aromatic heterocycles. The molecule has 2 nitrogen and oxygen atoms in total. The Balaban J connectivity index is 1.56. The molecule has 1 saturated carbocycles. The van der Waals surface area contributed by atoms with Gasteiger partial charge >= 0.3 is 0 Å². The van der Waals surface area contributed by atoms with Crippen LogP contribution in [0.5, 0.6) is 0 Å². The van der Waals surface area contributed by atoms with Crippen LogP contribution in [0.1, 0.15) is 49.7 Å². The summed E-state index contributed by atoms with van der Waals surface area (Å²) < 4.78 is 54.3. The first-order valence-electron chi connectivity index (χ1n) is 11.4. The number of allylic oxidation sites excluding steroid dienone is 2. The Morgan fingerprint density at radius 1 is 0.970 bits per heavy atom. The molecule has 0 aliphatic heterocycles. The molecular weight excluding hydrogens is 425 g/mol. The zero-order valence-electron chi connectivity index (χ0n) is 19.3. The number of halogens is 3. The van der Waals surface area contributed by atoms with E-state index in [4.69, 9.17) is 9.47 Å². The molecule has 0 spiro atoms. The molecule has 0 unspecified atom stereocenters. The van der Waals surface area contributed by atoms with Crippen LogP contribution in [0.25, 0.3) is 11.1 Å². The molecule has 0 amide bonds. The van der Waals surface area contributed by atoms with E-state index in [1.807, 2.05) is 19.1 Å². The number of benzene rings is 2. The van der Waals surface area contributed by atoms with E-state index in [1.54, 1.807) is 31.2 Å². The van der Waals surface area contributed by atoms with Crippen molar-refractivity contribution in [3.63, 3.8) is 0 Å².